The van der Waals surface area contributed by atoms with Gasteiger partial charge in [0, 0.05) is 34.0 Å². The number of fused-ring (bicyclic) bond motifs is 3. The molecule has 0 spiro atoms. The second kappa shape index (κ2) is 6.85. The third-order valence-corrected chi connectivity index (χ3v) is 5.21. The molecule has 3 aromatic carbocycles. The number of hydrogen-bond donors (Lipinski definition) is 2. The lowest BCUT2D eigenvalue weighted by Crippen LogP contribution is -2.25. The van der Waals surface area contributed by atoms with Crippen LogP contribution in [-0.2, 0) is 6.54 Å². The zero-order valence-corrected chi connectivity index (χ0v) is 15.2. The first-order chi connectivity index (χ1) is 12.6. The molecule has 0 aliphatic heterocycles. The minimum atomic E-state index is -0.478. The summed E-state index contributed by atoms with van der Waals surface area (Å²) in [5.74, 6) is 0. The maximum absolute atomic E-state index is 10.7. The van der Waals surface area contributed by atoms with Crippen molar-refractivity contribution in [1.29, 1.82) is 0 Å². The van der Waals surface area contributed by atoms with Crippen molar-refractivity contribution in [2.45, 2.75) is 26.5 Å². The Bertz CT molecular complexity index is 1010. The molecule has 0 bridgehead atoms. The summed E-state index contributed by atoms with van der Waals surface area (Å²) < 4.78 is 2.22. The standard InChI is InChI=1S/C23H24N2O/c1-16-8-7-11-21(17(16)2)24-14-18(26)15-25-22-12-5-3-9-19(22)20-10-4-6-13-23(20)25/h3-13,18,24,26H,14-15H2,1-2H3. The van der Waals surface area contributed by atoms with Crippen LogP contribution in [0.15, 0.2) is 66.7 Å². The largest absolute Gasteiger partial charge is 0.389 e. The molecule has 3 nitrogen and oxygen atoms in total. The van der Waals surface area contributed by atoms with E-state index in [0.29, 0.717) is 13.1 Å². The van der Waals surface area contributed by atoms with Crippen LogP contribution in [0.4, 0.5) is 5.69 Å². The maximum atomic E-state index is 10.7. The maximum Gasteiger partial charge on any atom is 0.0891 e. The van der Waals surface area contributed by atoms with E-state index in [-0.39, 0.29) is 0 Å². The number of benzene rings is 3. The summed E-state index contributed by atoms with van der Waals surface area (Å²) in [5.41, 5.74) is 5.91. The zero-order valence-electron chi connectivity index (χ0n) is 15.2. The van der Waals surface area contributed by atoms with Crippen LogP contribution in [0.1, 0.15) is 11.1 Å². The van der Waals surface area contributed by atoms with E-state index in [0.717, 1.165) is 5.69 Å². The fraction of sp³-hybridized carbons (Fsp3) is 0.217. The van der Waals surface area contributed by atoms with Crippen LogP contribution in [-0.4, -0.2) is 22.3 Å². The number of anilines is 1. The van der Waals surface area contributed by atoms with Crippen molar-refractivity contribution in [2.75, 3.05) is 11.9 Å². The lowest BCUT2D eigenvalue weighted by atomic mass is 10.1. The van der Waals surface area contributed by atoms with Gasteiger partial charge in [0.1, 0.15) is 0 Å². The summed E-state index contributed by atoms with van der Waals surface area (Å²) >= 11 is 0. The predicted octanol–water partition coefficient (Wildman–Crippen LogP) is 4.88. The summed E-state index contributed by atoms with van der Waals surface area (Å²) in [6, 6.07) is 23.0. The lowest BCUT2D eigenvalue weighted by Gasteiger charge is -2.17. The van der Waals surface area contributed by atoms with Crippen LogP contribution in [0.5, 0.6) is 0 Å². The summed E-state index contributed by atoms with van der Waals surface area (Å²) in [6.45, 7) is 5.29. The van der Waals surface area contributed by atoms with Gasteiger partial charge in [-0.1, -0.05) is 48.5 Å². The molecule has 3 heteroatoms. The molecular formula is C23H24N2O. The van der Waals surface area contributed by atoms with Gasteiger partial charge in [-0.15, -0.1) is 0 Å². The fourth-order valence-electron chi connectivity index (χ4n) is 3.65. The average Bonchev–Trinajstić information content (AvgIpc) is 2.97. The molecule has 0 aliphatic rings. The molecule has 1 heterocycles. The molecule has 26 heavy (non-hydrogen) atoms. The van der Waals surface area contributed by atoms with E-state index < -0.39 is 6.10 Å². The number of aliphatic hydroxyl groups is 1. The van der Waals surface area contributed by atoms with Crippen LogP contribution in [0, 0.1) is 13.8 Å². The summed E-state index contributed by atoms with van der Waals surface area (Å²) in [6.07, 6.45) is -0.478. The van der Waals surface area contributed by atoms with Crippen LogP contribution < -0.4 is 5.32 Å². The van der Waals surface area contributed by atoms with Crippen molar-refractivity contribution in [3.05, 3.63) is 77.9 Å². The third-order valence-electron chi connectivity index (χ3n) is 5.21. The van der Waals surface area contributed by atoms with Crippen molar-refractivity contribution in [3.8, 4) is 0 Å². The fourth-order valence-corrected chi connectivity index (χ4v) is 3.65. The molecule has 0 saturated carbocycles. The highest BCUT2D eigenvalue weighted by molar-refractivity contribution is 6.07. The first kappa shape index (κ1) is 16.7. The number of hydrogen-bond acceptors (Lipinski definition) is 2. The number of para-hydroxylation sites is 2. The van der Waals surface area contributed by atoms with Crippen molar-refractivity contribution in [2.24, 2.45) is 0 Å². The number of aryl methyl sites for hydroxylation is 1. The van der Waals surface area contributed by atoms with E-state index in [9.17, 15) is 5.11 Å². The Morgan fingerprint density at radius 1 is 0.846 bits per heavy atom. The van der Waals surface area contributed by atoms with Gasteiger partial charge < -0.3 is 15.0 Å². The van der Waals surface area contributed by atoms with Crippen LogP contribution in [0.25, 0.3) is 21.8 Å². The van der Waals surface area contributed by atoms with E-state index in [2.05, 4.69) is 84.4 Å². The smallest absolute Gasteiger partial charge is 0.0891 e. The van der Waals surface area contributed by atoms with E-state index in [1.165, 1.54) is 32.9 Å². The molecule has 0 radical (unpaired) electrons. The molecular weight excluding hydrogens is 320 g/mol. The monoisotopic (exact) mass is 344 g/mol. The highest BCUT2D eigenvalue weighted by Gasteiger charge is 2.13. The van der Waals surface area contributed by atoms with Gasteiger partial charge in [0.15, 0.2) is 0 Å². The first-order valence-electron chi connectivity index (χ1n) is 9.09. The third kappa shape index (κ3) is 2.95. The molecule has 1 unspecified atom stereocenters. The molecule has 0 fully saturated rings. The van der Waals surface area contributed by atoms with Gasteiger partial charge in [0.25, 0.3) is 0 Å². The molecule has 4 rings (SSSR count). The van der Waals surface area contributed by atoms with Crippen molar-refractivity contribution in [3.63, 3.8) is 0 Å². The molecule has 0 amide bonds. The molecule has 2 N–H and O–H groups in total. The Morgan fingerprint density at radius 3 is 2.12 bits per heavy atom. The Balaban J connectivity index is 1.59. The van der Waals surface area contributed by atoms with Gasteiger partial charge in [0.2, 0.25) is 0 Å². The van der Waals surface area contributed by atoms with Gasteiger partial charge in [-0.3, -0.25) is 0 Å². The number of nitrogens with zero attached hydrogens (tertiary/aromatic N) is 1. The van der Waals surface area contributed by atoms with E-state index in [4.69, 9.17) is 0 Å². The van der Waals surface area contributed by atoms with E-state index in [1.807, 2.05) is 6.07 Å². The van der Waals surface area contributed by atoms with Crippen LogP contribution in [0.2, 0.25) is 0 Å². The van der Waals surface area contributed by atoms with E-state index in [1.54, 1.807) is 0 Å². The molecule has 132 valence electrons. The van der Waals surface area contributed by atoms with Gasteiger partial charge in [-0.05, 0) is 43.2 Å². The van der Waals surface area contributed by atoms with Crippen LogP contribution in [0.3, 0.4) is 0 Å². The van der Waals surface area contributed by atoms with Gasteiger partial charge in [-0.25, -0.2) is 0 Å². The highest BCUT2D eigenvalue weighted by Crippen LogP contribution is 2.29. The first-order valence-corrected chi connectivity index (χ1v) is 9.09. The van der Waals surface area contributed by atoms with Crippen LogP contribution >= 0.6 is 0 Å². The predicted molar refractivity (Wildman–Crippen MR) is 110 cm³/mol. The topological polar surface area (TPSA) is 37.2 Å². The van der Waals surface area contributed by atoms with Gasteiger partial charge in [0.05, 0.1) is 12.6 Å². The second-order valence-electron chi connectivity index (χ2n) is 6.93. The Labute approximate surface area is 153 Å². The highest BCUT2D eigenvalue weighted by atomic mass is 16.3. The van der Waals surface area contributed by atoms with Gasteiger partial charge >= 0.3 is 0 Å². The number of nitrogens with one attached hydrogen (secondary N) is 1. The number of rotatable bonds is 5. The minimum Gasteiger partial charge on any atom is -0.389 e. The number of aliphatic hydroxyl groups excluding tert-OH is 1. The molecule has 0 aliphatic carbocycles. The lowest BCUT2D eigenvalue weighted by molar-refractivity contribution is 0.169. The van der Waals surface area contributed by atoms with Gasteiger partial charge in [-0.2, -0.15) is 0 Å². The van der Waals surface area contributed by atoms with E-state index >= 15 is 0 Å². The van der Waals surface area contributed by atoms with Crippen molar-refractivity contribution < 1.29 is 5.11 Å². The minimum absolute atomic E-state index is 0.478. The molecule has 4 aromatic rings. The average molecular weight is 344 g/mol. The Hall–Kier alpha value is -2.78. The molecule has 0 saturated heterocycles. The quantitative estimate of drug-likeness (QED) is 0.541. The van der Waals surface area contributed by atoms with Crippen molar-refractivity contribution in [1.82, 2.24) is 4.57 Å². The molecule has 1 aromatic heterocycles. The SMILES string of the molecule is Cc1cccc(NCC(O)Cn2c3ccccc3c3ccccc32)c1C. The zero-order chi connectivity index (χ0) is 18.1. The summed E-state index contributed by atoms with van der Waals surface area (Å²) in [7, 11) is 0. The summed E-state index contributed by atoms with van der Waals surface area (Å²) in [5, 5.41) is 16.5. The second-order valence-corrected chi connectivity index (χ2v) is 6.93. The van der Waals surface area contributed by atoms with Crippen molar-refractivity contribution >= 4 is 27.5 Å². The summed E-state index contributed by atoms with van der Waals surface area (Å²) in [4.78, 5) is 0. The Kier molecular flexibility index (Phi) is 4.39. The molecule has 1 atom stereocenters. The normalized spacial score (nSPS) is 12.6. The Morgan fingerprint density at radius 2 is 1.46 bits per heavy atom. The number of aromatic nitrogens is 1.